The third-order valence-corrected chi connectivity index (χ3v) is 9.78. The van der Waals surface area contributed by atoms with Crippen molar-refractivity contribution < 1.29 is 4.79 Å². The summed E-state index contributed by atoms with van der Waals surface area (Å²) in [5.41, 5.74) is 7.87. The normalized spacial score (nSPS) is 11.9. The van der Waals surface area contributed by atoms with Gasteiger partial charge in [0.1, 0.15) is 0 Å². The lowest BCUT2D eigenvalue weighted by Gasteiger charge is -2.12. The Morgan fingerprint density at radius 3 is 2.20 bits per heavy atom. The van der Waals surface area contributed by atoms with E-state index < -0.39 is 0 Å². The Morgan fingerprint density at radius 2 is 1.51 bits per heavy atom. The summed E-state index contributed by atoms with van der Waals surface area (Å²) in [6.07, 6.45) is 6.94. The van der Waals surface area contributed by atoms with Gasteiger partial charge in [0.15, 0.2) is 5.78 Å². The Labute approximate surface area is 277 Å². The average Bonchev–Trinajstić information content (AvgIpc) is 3.38. The van der Waals surface area contributed by atoms with Crippen LogP contribution in [0.3, 0.4) is 0 Å². The number of thioether (sulfide) groups is 1. The van der Waals surface area contributed by atoms with E-state index in [4.69, 9.17) is 16.6 Å². The fourth-order valence-corrected chi connectivity index (χ4v) is 6.96. The molecular weight excluding hydrogens is 592 g/mol. The predicted octanol–water partition coefficient (Wildman–Crippen LogP) is 11.6. The molecule has 0 aliphatic carbocycles. The molecule has 232 valence electrons. The van der Waals surface area contributed by atoms with Gasteiger partial charge >= 0.3 is 0 Å². The monoisotopic (exact) mass is 634 g/mol. The number of carbonyl (C=O) groups excluding carboxylic acids is 1. The second-order valence-corrected chi connectivity index (χ2v) is 13.2. The molecule has 0 spiro atoms. The summed E-state index contributed by atoms with van der Waals surface area (Å²) in [5.74, 6) is 0.969. The van der Waals surface area contributed by atoms with E-state index in [1.807, 2.05) is 61.2 Å². The molecule has 0 unspecified atom stereocenters. The molecule has 1 aromatic heterocycles. The van der Waals surface area contributed by atoms with E-state index >= 15 is 0 Å². The molecule has 0 bridgehead atoms. The maximum atomic E-state index is 13.5. The zero-order chi connectivity index (χ0) is 31.8. The van der Waals surface area contributed by atoms with Crippen LogP contribution in [0.2, 0.25) is 5.02 Å². The Bertz CT molecular complexity index is 1830. The molecule has 0 aliphatic heterocycles. The van der Waals surface area contributed by atoms with Gasteiger partial charge in [-0.15, -0.1) is 11.8 Å². The number of benzene rings is 4. The summed E-state index contributed by atoms with van der Waals surface area (Å²) in [4.78, 5) is 19.9. The number of allylic oxidation sites excluding steroid dienone is 1. The van der Waals surface area contributed by atoms with E-state index in [0.717, 1.165) is 86.5 Å². The highest BCUT2D eigenvalue weighted by molar-refractivity contribution is 7.99. The summed E-state index contributed by atoms with van der Waals surface area (Å²) in [6.45, 7) is 12.7. The maximum Gasteiger partial charge on any atom is 0.193 e. The number of ketones is 1. The van der Waals surface area contributed by atoms with Crippen LogP contribution in [-0.2, 0) is 6.54 Å². The quantitative estimate of drug-likeness (QED) is 0.0497. The van der Waals surface area contributed by atoms with Gasteiger partial charge in [0.25, 0.3) is 0 Å². The Kier molecular flexibility index (Phi) is 11.4. The Hall–Kier alpha value is -3.60. The SMILES string of the molecule is C=C(/C(CCSc1ccc(Cl)cc1)=N/CCCCCCC)c1ccc2c(c1)c1cc(C(=O)c3ccccc3C)ccc1n2CC. The van der Waals surface area contributed by atoms with Gasteiger partial charge in [-0.2, -0.15) is 0 Å². The first-order valence-electron chi connectivity index (χ1n) is 16.2. The van der Waals surface area contributed by atoms with Crippen LogP contribution in [0.25, 0.3) is 27.4 Å². The summed E-state index contributed by atoms with van der Waals surface area (Å²) in [5, 5.41) is 2.98. The van der Waals surface area contributed by atoms with Crippen LogP contribution in [0.1, 0.15) is 79.4 Å². The summed E-state index contributed by atoms with van der Waals surface area (Å²) >= 11 is 7.92. The number of aromatic nitrogens is 1. The zero-order valence-corrected chi connectivity index (χ0v) is 28.3. The van der Waals surface area contributed by atoms with Crippen LogP contribution >= 0.6 is 23.4 Å². The van der Waals surface area contributed by atoms with Gasteiger partial charge in [-0.1, -0.05) is 81.1 Å². The number of hydrogen-bond acceptors (Lipinski definition) is 3. The van der Waals surface area contributed by atoms with Crippen molar-refractivity contribution in [3.63, 3.8) is 0 Å². The van der Waals surface area contributed by atoms with E-state index in [1.54, 1.807) is 0 Å². The number of nitrogens with zero attached hydrogens (tertiary/aromatic N) is 2. The van der Waals surface area contributed by atoms with Crippen molar-refractivity contribution in [3.8, 4) is 0 Å². The topological polar surface area (TPSA) is 34.4 Å². The van der Waals surface area contributed by atoms with Crippen molar-refractivity contribution in [2.24, 2.45) is 4.99 Å². The molecule has 45 heavy (non-hydrogen) atoms. The minimum atomic E-state index is 0.0551. The zero-order valence-electron chi connectivity index (χ0n) is 26.7. The summed E-state index contributed by atoms with van der Waals surface area (Å²) < 4.78 is 2.33. The number of aliphatic imine (C=N–C) groups is 1. The molecule has 0 N–H and O–H groups in total. The molecule has 4 aromatic carbocycles. The second-order valence-electron chi connectivity index (χ2n) is 11.6. The molecule has 5 aromatic rings. The Morgan fingerprint density at radius 1 is 0.844 bits per heavy atom. The number of aryl methyl sites for hydroxylation is 2. The molecule has 0 saturated carbocycles. The fourth-order valence-electron chi connectivity index (χ4n) is 5.97. The molecule has 0 radical (unpaired) electrons. The van der Waals surface area contributed by atoms with Gasteiger partial charge in [0.05, 0.1) is 0 Å². The number of fused-ring (bicyclic) bond motifs is 3. The van der Waals surface area contributed by atoms with Gasteiger partial charge in [-0.3, -0.25) is 9.79 Å². The van der Waals surface area contributed by atoms with Crippen molar-refractivity contribution in [2.75, 3.05) is 12.3 Å². The Balaban J connectivity index is 1.45. The van der Waals surface area contributed by atoms with E-state index in [-0.39, 0.29) is 5.78 Å². The lowest BCUT2D eigenvalue weighted by Crippen LogP contribution is -2.05. The van der Waals surface area contributed by atoms with Gasteiger partial charge in [0.2, 0.25) is 0 Å². The van der Waals surface area contributed by atoms with Crippen LogP contribution in [0.4, 0.5) is 0 Å². The van der Waals surface area contributed by atoms with Crippen molar-refractivity contribution in [1.29, 1.82) is 0 Å². The van der Waals surface area contributed by atoms with Crippen molar-refractivity contribution in [2.45, 2.75) is 70.7 Å². The maximum absolute atomic E-state index is 13.5. The minimum Gasteiger partial charge on any atom is -0.341 e. The molecule has 5 heteroatoms. The largest absolute Gasteiger partial charge is 0.341 e. The molecule has 0 aliphatic rings. The molecule has 0 saturated heterocycles. The van der Waals surface area contributed by atoms with Gasteiger partial charge in [-0.05, 0) is 98.0 Å². The molecule has 0 amide bonds. The van der Waals surface area contributed by atoms with Gasteiger partial charge < -0.3 is 4.57 Å². The van der Waals surface area contributed by atoms with Gasteiger partial charge in [-0.25, -0.2) is 0 Å². The van der Waals surface area contributed by atoms with E-state index in [0.29, 0.717) is 5.56 Å². The van der Waals surface area contributed by atoms with E-state index in [2.05, 4.69) is 67.5 Å². The van der Waals surface area contributed by atoms with Gasteiger partial charge in [0, 0.05) is 67.4 Å². The fraction of sp³-hybridized carbons (Fsp3) is 0.300. The second kappa shape index (κ2) is 15.6. The van der Waals surface area contributed by atoms with E-state index in [9.17, 15) is 4.79 Å². The smallest absolute Gasteiger partial charge is 0.193 e. The van der Waals surface area contributed by atoms with Crippen LogP contribution in [0.5, 0.6) is 0 Å². The summed E-state index contributed by atoms with van der Waals surface area (Å²) in [7, 11) is 0. The molecular formula is C40H43ClN2OS. The number of carbonyl (C=O) groups is 1. The molecule has 0 fully saturated rings. The molecule has 3 nitrogen and oxygen atoms in total. The number of rotatable bonds is 15. The predicted molar refractivity (Wildman–Crippen MR) is 197 cm³/mol. The van der Waals surface area contributed by atoms with E-state index in [1.165, 1.54) is 30.6 Å². The third kappa shape index (κ3) is 7.80. The first kappa shape index (κ1) is 32.8. The molecule has 5 rings (SSSR count). The number of hydrogen-bond donors (Lipinski definition) is 0. The first-order chi connectivity index (χ1) is 21.9. The van der Waals surface area contributed by atoms with Crippen LogP contribution < -0.4 is 0 Å². The average molecular weight is 635 g/mol. The standard InChI is InChI=1S/C40H43ClN2OS/c1-5-7-8-9-12-24-42-37(23-25-45-33-19-17-32(41)18-20-33)29(4)30-15-21-38-35(26-30)36-27-31(16-22-39(36)43(38)6-2)40(44)34-14-11-10-13-28(34)3/h10-11,13-22,26-27H,4-9,12,23-25H2,1-3H3/b42-37+. The van der Waals surface area contributed by atoms with Crippen molar-refractivity contribution >= 4 is 62.2 Å². The highest BCUT2D eigenvalue weighted by Gasteiger charge is 2.17. The van der Waals surface area contributed by atoms with Crippen molar-refractivity contribution in [1.82, 2.24) is 4.57 Å². The summed E-state index contributed by atoms with van der Waals surface area (Å²) in [6, 6.07) is 28.6. The first-order valence-corrected chi connectivity index (χ1v) is 17.5. The third-order valence-electron chi connectivity index (χ3n) is 8.52. The van der Waals surface area contributed by atoms with Crippen LogP contribution in [0.15, 0.2) is 101 Å². The molecule has 1 heterocycles. The lowest BCUT2D eigenvalue weighted by atomic mass is 9.96. The highest BCUT2D eigenvalue weighted by Crippen LogP contribution is 2.33. The van der Waals surface area contributed by atoms with Crippen molar-refractivity contribution in [3.05, 3.63) is 119 Å². The number of unbranched alkanes of at least 4 members (excludes halogenated alkanes) is 4. The highest BCUT2D eigenvalue weighted by atomic mass is 35.5. The lowest BCUT2D eigenvalue weighted by molar-refractivity contribution is 0.103. The van der Waals surface area contributed by atoms with Crippen LogP contribution in [0, 0.1) is 6.92 Å². The number of halogens is 1. The minimum absolute atomic E-state index is 0.0551. The van der Waals surface area contributed by atoms with Crippen LogP contribution in [-0.4, -0.2) is 28.4 Å². The molecule has 0 atom stereocenters.